The Labute approximate surface area is 115 Å². The second kappa shape index (κ2) is 5.96. The largest absolute Gasteiger partial charge is 0.327 e. The quantitative estimate of drug-likeness (QED) is 0.793. The van der Waals surface area contributed by atoms with Gasteiger partial charge in [0.1, 0.15) is 5.82 Å². The molecule has 0 radical (unpaired) electrons. The molecule has 18 heavy (non-hydrogen) atoms. The van der Waals surface area contributed by atoms with Crippen molar-refractivity contribution in [2.75, 3.05) is 0 Å². The van der Waals surface area contributed by atoms with Gasteiger partial charge in [0.2, 0.25) is 0 Å². The van der Waals surface area contributed by atoms with Crippen molar-refractivity contribution in [3.8, 4) is 0 Å². The molecule has 2 rings (SSSR count). The maximum Gasteiger partial charge on any atom is 0.182 e. The molecule has 0 N–H and O–H groups in total. The van der Waals surface area contributed by atoms with Gasteiger partial charge in [-0.2, -0.15) is 0 Å². The normalized spacial score (nSPS) is 10.6. The molecule has 0 fully saturated rings. The number of hydrogen-bond donors (Lipinski definition) is 0. The van der Waals surface area contributed by atoms with Crippen molar-refractivity contribution < 1.29 is 4.79 Å². The molecule has 0 aliphatic carbocycles. The first-order chi connectivity index (χ1) is 8.70. The summed E-state index contributed by atoms with van der Waals surface area (Å²) in [5.41, 5.74) is 0.723. The van der Waals surface area contributed by atoms with E-state index in [-0.39, 0.29) is 5.78 Å². The second-order valence-electron chi connectivity index (χ2n) is 4.15. The summed E-state index contributed by atoms with van der Waals surface area (Å²) >= 11 is 3.38. The number of aromatic nitrogens is 2. The average molecular weight is 307 g/mol. The Balaban J connectivity index is 2.14. The Morgan fingerprint density at radius 2 is 2.28 bits per heavy atom. The first kappa shape index (κ1) is 13.0. The van der Waals surface area contributed by atoms with E-state index in [0.717, 1.165) is 28.7 Å². The highest BCUT2D eigenvalue weighted by atomic mass is 79.9. The van der Waals surface area contributed by atoms with Crippen LogP contribution in [0.15, 0.2) is 41.1 Å². The number of carbonyl (C=O) groups excluding carboxylic acids is 1. The van der Waals surface area contributed by atoms with E-state index in [9.17, 15) is 4.79 Å². The molecule has 0 atom stereocenters. The smallest absolute Gasteiger partial charge is 0.182 e. The molecule has 1 aromatic heterocycles. The van der Waals surface area contributed by atoms with E-state index in [0.29, 0.717) is 6.54 Å². The van der Waals surface area contributed by atoms with E-state index in [4.69, 9.17) is 0 Å². The summed E-state index contributed by atoms with van der Waals surface area (Å²) in [6.07, 6.45) is 5.54. The molecule has 0 aliphatic heterocycles. The van der Waals surface area contributed by atoms with Crippen LogP contribution in [0.25, 0.3) is 0 Å². The SMILES string of the molecule is CCCc1nccn1CC(=O)c1cccc(Br)c1. The van der Waals surface area contributed by atoms with E-state index in [1.165, 1.54) is 0 Å². The lowest BCUT2D eigenvalue weighted by molar-refractivity contribution is 0.0971. The van der Waals surface area contributed by atoms with Gasteiger partial charge in [0.25, 0.3) is 0 Å². The predicted octanol–water partition coefficient (Wildman–Crippen LogP) is 3.48. The van der Waals surface area contributed by atoms with Gasteiger partial charge in [0.05, 0.1) is 6.54 Å². The number of Topliss-reactive ketones (excluding diaryl/α,β-unsaturated/α-hetero) is 1. The average Bonchev–Trinajstić information content (AvgIpc) is 2.77. The highest BCUT2D eigenvalue weighted by molar-refractivity contribution is 9.10. The van der Waals surface area contributed by atoms with Crippen molar-refractivity contribution in [2.24, 2.45) is 0 Å². The molecule has 0 amide bonds. The van der Waals surface area contributed by atoms with Gasteiger partial charge in [-0.15, -0.1) is 0 Å². The van der Waals surface area contributed by atoms with Crippen LogP contribution in [-0.2, 0) is 13.0 Å². The molecule has 3 nitrogen and oxygen atoms in total. The maximum atomic E-state index is 12.2. The fourth-order valence-electron chi connectivity index (χ4n) is 1.84. The van der Waals surface area contributed by atoms with Crippen LogP contribution in [0.4, 0.5) is 0 Å². The molecule has 94 valence electrons. The lowest BCUT2D eigenvalue weighted by atomic mass is 10.1. The first-order valence-electron chi connectivity index (χ1n) is 5.99. The second-order valence-corrected chi connectivity index (χ2v) is 5.07. The molecule has 1 heterocycles. The summed E-state index contributed by atoms with van der Waals surface area (Å²) in [6, 6.07) is 7.47. The zero-order valence-electron chi connectivity index (χ0n) is 10.3. The molecular formula is C14H15BrN2O. The number of halogens is 1. The Kier molecular flexibility index (Phi) is 4.31. The summed E-state index contributed by atoms with van der Waals surface area (Å²) < 4.78 is 2.85. The number of hydrogen-bond acceptors (Lipinski definition) is 2. The third-order valence-electron chi connectivity index (χ3n) is 2.74. The molecule has 0 saturated heterocycles. The monoisotopic (exact) mass is 306 g/mol. The minimum Gasteiger partial charge on any atom is -0.327 e. The maximum absolute atomic E-state index is 12.2. The van der Waals surface area contributed by atoms with Crippen molar-refractivity contribution in [3.63, 3.8) is 0 Å². The third kappa shape index (κ3) is 3.07. The Hall–Kier alpha value is -1.42. The lowest BCUT2D eigenvalue weighted by Crippen LogP contribution is -2.12. The van der Waals surface area contributed by atoms with Gasteiger partial charge >= 0.3 is 0 Å². The van der Waals surface area contributed by atoms with Crippen molar-refractivity contribution >= 4 is 21.7 Å². The fraction of sp³-hybridized carbons (Fsp3) is 0.286. The van der Waals surface area contributed by atoms with E-state index < -0.39 is 0 Å². The zero-order chi connectivity index (χ0) is 13.0. The lowest BCUT2D eigenvalue weighted by Gasteiger charge is -2.06. The van der Waals surface area contributed by atoms with Gasteiger partial charge in [-0.05, 0) is 18.6 Å². The summed E-state index contributed by atoms with van der Waals surface area (Å²) in [5, 5.41) is 0. The zero-order valence-corrected chi connectivity index (χ0v) is 11.9. The van der Waals surface area contributed by atoms with Crippen LogP contribution < -0.4 is 0 Å². The van der Waals surface area contributed by atoms with Crippen LogP contribution in [0, 0.1) is 0 Å². The molecular weight excluding hydrogens is 292 g/mol. The van der Waals surface area contributed by atoms with E-state index >= 15 is 0 Å². The van der Waals surface area contributed by atoms with Gasteiger partial charge in [-0.25, -0.2) is 4.98 Å². The van der Waals surface area contributed by atoms with Crippen LogP contribution in [-0.4, -0.2) is 15.3 Å². The van der Waals surface area contributed by atoms with Gasteiger partial charge in [-0.1, -0.05) is 35.0 Å². The molecule has 0 aliphatic rings. The summed E-state index contributed by atoms with van der Waals surface area (Å²) in [4.78, 5) is 16.4. The van der Waals surface area contributed by atoms with Crippen molar-refractivity contribution in [1.82, 2.24) is 9.55 Å². The Bertz CT molecular complexity index is 548. The number of ketones is 1. The standard InChI is InChI=1S/C14H15BrN2O/c1-2-4-14-16-7-8-17(14)10-13(18)11-5-3-6-12(15)9-11/h3,5-9H,2,4,10H2,1H3. The van der Waals surface area contributed by atoms with Gasteiger partial charge in [0.15, 0.2) is 5.78 Å². The highest BCUT2D eigenvalue weighted by Crippen LogP contribution is 2.13. The van der Waals surface area contributed by atoms with Gasteiger partial charge in [-0.3, -0.25) is 4.79 Å². The number of nitrogens with zero attached hydrogens (tertiary/aromatic N) is 2. The van der Waals surface area contributed by atoms with Gasteiger partial charge < -0.3 is 4.57 Å². The molecule has 0 saturated carbocycles. The molecule has 1 aromatic carbocycles. The van der Waals surface area contributed by atoms with Crippen molar-refractivity contribution in [3.05, 3.63) is 52.5 Å². The number of benzene rings is 1. The molecule has 0 unspecified atom stereocenters. The van der Waals surface area contributed by atoms with Gasteiger partial charge in [0, 0.05) is 28.9 Å². The van der Waals surface area contributed by atoms with Crippen LogP contribution in [0.5, 0.6) is 0 Å². The fourth-order valence-corrected chi connectivity index (χ4v) is 2.24. The minimum absolute atomic E-state index is 0.103. The number of rotatable bonds is 5. The predicted molar refractivity (Wildman–Crippen MR) is 74.7 cm³/mol. The van der Waals surface area contributed by atoms with Crippen LogP contribution in [0.2, 0.25) is 0 Å². The topological polar surface area (TPSA) is 34.9 Å². The van der Waals surface area contributed by atoms with Crippen molar-refractivity contribution in [1.29, 1.82) is 0 Å². The summed E-state index contributed by atoms with van der Waals surface area (Å²) in [7, 11) is 0. The van der Waals surface area contributed by atoms with E-state index in [1.807, 2.05) is 35.0 Å². The van der Waals surface area contributed by atoms with E-state index in [1.54, 1.807) is 6.20 Å². The Morgan fingerprint density at radius 3 is 3.00 bits per heavy atom. The molecule has 2 aromatic rings. The molecule has 0 spiro atoms. The van der Waals surface area contributed by atoms with Crippen LogP contribution >= 0.6 is 15.9 Å². The number of imidazole rings is 1. The Morgan fingerprint density at radius 1 is 1.44 bits per heavy atom. The van der Waals surface area contributed by atoms with Crippen molar-refractivity contribution in [2.45, 2.75) is 26.3 Å². The van der Waals surface area contributed by atoms with E-state index in [2.05, 4.69) is 27.8 Å². The minimum atomic E-state index is 0.103. The summed E-state index contributed by atoms with van der Waals surface area (Å²) in [5.74, 6) is 1.08. The first-order valence-corrected chi connectivity index (χ1v) is 6.78. The third-order valence-corrected chi connectivity index (χ3v) is 3.23. The number of carbonyl (C=O) groups is 1. The molecule has 4 heteroatoms. The number of aryl methyl sites for hydroxylation is 1. The highest BCUT2D eigenvalue weighted by Gasteiger charge is 2.09. The van der Waals surface area contributed by atoms with Crippen LogP contribution in [0.1, 0.15) is 29.5 Å². The summed E-state index contributed by atoms with van der Waals surface area (Å²) in [6.45, 7) is 2.46. The van der Waals surface area contributed by atoms with Crippen LogP contribution in [0.3, 0.4) is 0 Å². The molecule has 0 bridgehead atoms.